The molecule has 1 aliphatic rings. The van der Waals surface area contributed by atoms with Gasteiger partial charge in [-0.25, -0.2) is 5.10 Å². The van der Waals surface area contributed by atoms with Crippen molar-refractivity contribution in [3.8, 4) is 11.5 Å². The summed E-state index contributed by atoms with van der Waals surface area (Å²) >= 11 is 0. The molecule has 0 radical (unpaired) electrons. The van der Waals surface area contributed by atoms with Crippen LogP contribution in [0.1, 0.15) is 6.42 Å². The van der Waals surface area contributed by atoms with Crippen LogP contribution >= 0.6 is 0 Å². The molecule has 9 heteroatoms. The Hall–Kier alpha value is -3.10. The number of hydrogen-bond donors (Lipinski definition) is 2. The molecule has 1 aromatic carbocycles. The van der Waals surface area contributed by atoms with E-state index < -0.39 is 5.92 Å². The third kappa shape index (κ3) is 4.06. The lowest BCUT2D eigenvalue weighted by molar-refractivity contribution is -0.128. The van der Waals surface area contributed by atoms with Crippen molar-refractivity contribution in [2.75, 3.05) is 32.1 Å². The number of rotatable bonds is 7. The van der Waals surface area contributed by atoms with E-state index >= 15 is 0 Å². The number of aromatic nitrogens is 3. The molecule has 132 valence electrons. The molecule has 0 aliphatic carbocycles. The number of carbonyl (C=O) groups is 2. The van der Waals surface area contributed by atoms with E-state index in [9.17, 15) is 9.59 Å². The zero-order chi connectivity index (χ0) is 17.6. The topological polar surface area (TPSA) is 109 Å². The lowest BCUT2D eigenvalue weighted by Crippen LogP contribution is -2.31. The molecule has 2 aromatic rings. The molecule has 2 N–H and O–H groups in total. The minimum absolute atomic E-state index is 0.0682. The van der Waals surface area contributed by atoms with E-state index in [0.717, 1.165) is 0 Å². The molecule has 0 unspecified atom stereocenters. The van der Waals surface area contributed by atoms with E-state index in [0.29, 0.717) is 31.2 Å². The van der Waals surface area contributed by atoms with Crippen LogP contribution in [0.25, 0.3) is 0 Å². The SMILES string of the molecule is COc1ccccc1OCCN1C[C@H](C(=O)Nc2ncn[nH]2)CC1=O. The zero-order valence-corrected chi connectivity index (χ0v) is 13.8. The van der Waals surface area contributed by atoms with Crippen LogP contribution in [0.4, 0.5) is 5.95 Å². The highest BCUT2D eigenvalue weighted by Gasteiger charge is 2.34. The van der Waals surface area contributed by atoms with Crippen LogP contribution in [0, 0.1) is 5.92 Å². The van der Waals surface area contributed by atoms with Gasteiger partial charge in [-0.15, -0.1) is 0 Å². The van der Waals surface area contributed by atoms with Gasteiger partial charge in [0.2, 0.25) is 17.8 Å². The van der Waals surface area contributed by atoms with Gasteiger partial charge in [0.25, 0.3) is 0 Å². The lowest BCUT2D eigenvalue weighted by Gasteiger charge is -2.17. The fourth-order valence-corrected chi connectivity index (χ4v) is 2.65. The average Bonchev–Trinajstić information content (AvgIpc) is 3.25. The zero-order valence-electron chi connectivity index (χ0n) is 13.8. The summed E-state index contributed by atoms with van der Waals surface area (Å²) in [5, 5.41) is 8.82. The molecule has 1 saturated heterocycles. The number of anilines is 1. The molecule has 1 aromatic heterocycles. The Labute approximate surface area is 144 Å². The highest BCUT2D eigenvalue weighted by Crippen LogP contribution is 2.26. The third-order valence-electron chi connectivity index (χ3n) is 3.93. The molecule has 0 saturated carbocycles. The molecule has 25 heavy (non-hydrogen) atoms. The van der Waals surface area contributed by atoms with Gasteiger partial charge in [-0.2, -0.15) is 10.1 Å². The number of ether oxygens (including phenoxy) is 2. The monoisotopic (exact) mass is 345 g/mol. The summed E-state index contributed by atoms with van der Waals surface area (Å²) in [5.74, 6) is 0.801. The highest BCUT2D eigenvalue weighted by atomic mass is 16.5. The van der Waals surface area contributed by atoms with Gasteiger partial charge in [-0.3, -0.25) is 14.9 Å². The van der Waals surface area contributed by atoms with Gasteiger partial charge in [0.05, 0.1) is 19.6 Å². The third-order valence-corrected chi connectivity index (χ3v) is 3.93. The summed E-state index contributed by atoms with van der Waals surface area (Å²) < 4.78 is 10.9. The van der Waals surface area contributed by atoms with Gasteiger partial charge in [-0.1, -0.05) is 12.1 Å². The Morgan fingerprint density at radius 1 is 1.40 bits per heavy atom. The fourth-order valence-electron chi connectivity index (χ4n) is 2.65. The first-order valence-electron chi connectivity index (χ1n) is 7.87. The number of methoxy groups -OCH3 is 1. The van der Waals surface area contributed by atoms with Crippen molar-refractivity contribution in [3.63, 3.8) is 0 Å². The van der Waals surface area contributed by atoms with Crippen LogP contribution in [0.3, 0.4) is 0 Å². The van der Waals surface area contributed by atoms with Crippen molar-refractivity contribution in [2.45, 2.75) is 6.42 Å². The minimum atomic E-state index is -0.413. The van der Waals surface area contributed by atoms with E-state index in [2.05, 4.69) is 20.5 Å². The second-order valence-electron chi connectivity index (χ2n) is 5.56. The van der Waals surface area contributed by atoms with E-state index in [1.54, 1.807) is 24.1 Å². The van der Waals surface area contributed by atoms with E-state index in [-0.39, 0.29) is 24.2 Å². The van der Waals surface area contributed by atoms with Crippen molar-refractivity contribution in [2.24, 2.45) is 5.92 Å². The second kappa shape index (κ2) is 7.65. The molecular weight excluding hydrogens is 326 g/mol. The first-order chi connectivity index (χ1) is 12.2. The lowest BCUT2D eigenvalue weighted by atomic mass is 10.1. The Morgan fingerprint density at radius 2 is 2.20 bits per heavy atom. The van der Waals surface area contributed by atoms with Crippen molar-refractivity contribution in [1.82, 2.24) is 20.1 Å². The Kier molecular flexibility index (Phi) is 5.12. The summed E-state index contributed by atoms with van der Waals surface area (Å²) in [5.41, 5.74) is 0. The van der Waals surface area contributed by atoms with Gasteiger partial charge >= 0.3 is 0 Å². The molecule has 9 nitrogen and oxygen atoms in total. The minimum Gasteiger partial charge on any atom is -0.493 e. The maximum atomic E-state index is 12.2. The summed E-state index contributed by atoms with van der Waals surface area (Å²) in [6.45, 7) is 1.08. The first kappa shape index (κ1) is 16.7. The molecule has 2 amide bonds. The molecule has 0 spiro atoms. The van der Waals surface area contributed by atoms with Gasteiger partial charge in [0, 0.05) is 13.0 Å². The van der Waals surface area contributed by atoms with Gasteiger partial charge < -0.3 is 14.4 Å². The summed E-state index contributed by atoms with van der Waals surface area (Å²) in [7, 11) is 1.57. The van der Waals surface area contributed by atoms with Crippen LogP contribution in [0.5, 0.6) is 11.5 Å². The molecule has 0 bridgehead atoms. The number of benzene rings is 1. The van der Waals surface area contributed by atoms with E-state index in [4.69, 9.17) is 9.47 Å². The molecular formula is C16H19N5O4. The number of H-pyrrole nitrogens is 1. The molecule has 3 rings (SSSR count). The predicted molar refractivity (Wildman–Crippen MR) is 88.2 cm³/mol. The first-order valence-corrected chi connectivity index (χ1v) is 7.87. The second-order valence-corrected chi connectivity index (χ2v) is 5.56. The smallest absolute Gasteiger partial charge is 0.232 e. The normalized spacial score (nSPS) is 16.8. The van der Waals surface area contributed by atoms with Crippen LogP contribution in [-0.4, -0.2) is 58.7 Å². The summed E-state index contributed by atoms with van der Waals surface area (Å²) in [6, 6.07) is 7.31. The Bertz CT molecular complexity index is 734. The van der Waals surface area contributed by atoms with Crippen LogP contribution < -0.4 is 14.8 Å². The molecule has 2 heterocycles. The van der Waals surface area contributed by atoms with Crippen molar-refractivity contribution < 1.29 is 19.1 Å². The van der Waals surface area contributed by atoms with Crippen molar-refractivity contribution in [3.05, 3.63) is 30.6 Å². The largest absolute Gasteiger partial charge is 0.493 e. The summed E-state index contributed by atoms with van der Waals surface area (Å²) in [6.07, 6.45) is 1.48. The molecule has 1 fully saturated rings. The quantitative estimate of drug-likeness (QED) is 0.764. The number of hydrogen-bond acceptors (Lipinski definition) is 6. The Balaban J connectivity index is 1.49. The van der Waals surface area contributed by atoms with Crippen molar-refractivity contribution in [1.29, 1.82) is 0 Å². The van der Waals surface area contributed by atoms with Gasteiger partial charge in [0.15, 0.2) is 11.5 Å². The Morgan fingerprint density at radius 3 is 2.92 bits per heavy atom. The number of nitrogens with zero attached hydrogens (tertiary/aromatic N) is 3. The number of nitrogens with one attached hydrogen (secondary N) is 2. The van der Waals surface area contributed by atoms with Crippen LogP contribution in [0.2, 0.25) is 0 Å². The fraction of sp³-hybridized carbons (Fsp3) is 0.375. The number of para-hydroxylation sites is 2. The molecule has 1 aliphatic heterocycles. The maximum Gasteiger partial charge on any atom is 0.232 e. The van der Waals surface area contributed by atoms with E-state index in [1.807, 2.05) is 12.1 Å². The summed E-state index contributed by atoms with van der Waals surface area (Å²) in [4.78, 5) is 29.7. The number of aromatic amines is 1. The number of carbonyl (C=O) groups excluding carboxylic acids is 2. The van der Waals surface area contributed by atoms with Crippen molar-refractivity contribution >= 4 is 17.8 Å². The highest BCUT2D eigenvalue weighted by molar-refractivity contribution is 5.96. The molecule has 1 atom stereocenters. The standard InChI is InChI=1S/C16H19N5O4/c1-24-12-4-2-3-5-13(12)25-7-6-21-9-11(8-14(21)22)15(23)19-16-17-10-18-20-16/h2-5,10-11H,6-9H2,1H3,(H2,17,18,19,20,23)/t11-/m1/s1. The van der Waals surface area contributed by atoms with E-state index in [1.165, 1.54) is 6.33 Å². The van der Waals surface area contributed by atoms with Gasteiger partial charge in [0.1, 0.15) is 12.9 Å². The number of amides is 2. The number of likely N-dealkylation sites (tertiary alicyclic amines) is 1. The van der Waals surface area contributed by atoms with Crippen LogP contribution in [0.15, 0.2) is 30.6 Å². The maximum absolute atomic E-state index is 12.2. The van der Waals surface area contributed by atoms with Gasteiger partial charge in [-0.05, 0) is 12.1 Å². The average molecular weight is 345 g/mol. The van der Waals surface area contributed by atoms with Crippen LogP contribution in [-0.2, 0) is 9.59 Å². The predicted octanol–water partition coefficient (Wildman–Crippen LogP) is 0.679.